The minimum atomic E-state index is -0.163. The molecule has 1 aromatic rings. The zero-order valence-corrected chi connectivity index (χ0v) is 11.4. The van der Waals surface area contributed by atoms with E-state index >= 15 is 0 Å². The molecule has 6 nitrogen and oxygen atoms in total. The van der Waals surface area contributed by atoms with Crippen molar-refractivity contribution in [3.05, 3.63) is 17.7 Å². The topological polar surface area (TPSA) is 68.8 Å². The van der Waals surface area contributed by atoms with Gasteiger partial charge in [0.2, 0.25) is 6.79 Å². The highest BCUT2D eigenvalue weighted by atomic mass is 16.7. The lowest BCUT2D eigenvalue weighted by Gasteiger charge is -2.12. The lowest BCUT2D eigenvalue weighted by molar-refractivity contribution is -0.122. The number of hydrogen-bond donors (Lipinski definition) is 2. The molecule has 0 spiro atoms. The number of likely N-dealkylation sites (N-methyl/N-ethyl adjacent to an activating group) is 1. The Labute approximate surface area is 117 Å². The van der Waals surface area contributed by atoms with Gasteiger partial charge in [-0.3, -0.25) is 4.79 Å². The van der Waals surface area contributed by atoms with Crippen molar-refractivity contribution >= 4 is 5.91 Å². The van der Waals surface area contributed by atoms with Gasteiger partial charge in [-0.15, -0.1) is 0 Å². The van der Waals surface area contributed by atoms with Crippen LogP contribution in [0.4, 0.5) is 0 Å². The summed E-state index contributed by atoms with van der Waals surface area (Å²) in [6.45, 7) is 0.917. The molecular weight excluding hydrogens is 260 g/mol. The van der Waals surface area contributed by atoms with Crippen LogP contribution in [0.1, 0.15) is 18.4 Å². The monoisotopic (exact) mass is 278 g/mol. The van der Waals surface area contributed by atoms with Crippen LogP contribution in [0.3, 0.4) is 0 Å². The Morgan fingerprint density at radius 1 is 1.35 bits per heavy atom. The van der Waals surface area contributed by atoms with Gasteiger partial charge in [-0.2, -0.15) is 0 Å². The highest BCUT2D eigenvalue weighted by molar-refractivity contribution is 5.77. The van der Waals surface area contributed by atoms with Crippen LogP contribution < -0.4 is 24.8 Å². The number of carbonyl (C=O) groups is 1. The number of ether oxygens (including phenoxy) is 3. The maximum absolute atomic E-state index is 11.3. The van der Waals surface area contributed by atoms with E-state index in [4.69, 9.17) is 14.2 Å². The Kier molecular flexibility index (Phi) is 3.64. The van der Waals surface area contributed by atoms with Crippen molar-refractivity contribution in [2.24, 2.45) is 0 Å². The lowest BCUT2D eigenvalue weighted by Crippen LogP contribution is -2.25. The summed E-state index contributed by atoms with van der Waals surface area (Å²) in [5, 5.41) is 5.96. The predicted octanol–water partition coefficient (Wildman–Crippen LogP) is 0.792. The molecule has 1 saturated carbocycles. The third kappa shape index (κ3) is 2.96. The van der Waals surface area contributed by atoms with Gasteiger partial charge in [0.1, 0.15) is 5.75 Å². The molecule has 6 heteroatoms. The first-order valence-corrected chi connectivity index (χ1v) is 6.75. The number of hydrogen-bond acceptors (Lipinski definition) is 5. The molecule has 1 fully saturated rings. The minimum Gasteiger partial charge on any atom is -0.483 e. The van der Waals surface area contributed by atoms with E-state index in [9.17, 15) is 4.79 Å². The summed E-state index contributed by atoms with van der Waals surface area (Å²) >= 11 is 0. The predicted molar refractivity (Wildman–Crippen MR) is 72.0 cm³/mol. The maximum atomic E-state index is 11.3. The van der Waals surface area contributed by atoms with Crippen molar-refractivity contribution in [3.8, 4) is 17.2 Å². The molecule has 0 radical (unpaired) electrons. The molecule has 0 bridgehead atoms. The van der Waals surface area contributed by atoms with Gasteiger partial charge in [0.25, 0.3) is 5.91 Å². The number of benzene rings is 1. The van der Waals surface area contributed by atoms with Crippen molar-refractivity contribution in [3.63, 3.8) is 0 Å². The maximum Gasteiger partial charge on any atom is 0.257 e. The summed E-state index contributed by atoms with van der Waals surface area (Å²) in [6.07, 6.45) is 2.44. The second-order valence-corrected chi connectivity index (χ2v) is 4.93. The summed E-state index contributed by atoms with van der Waals surface area (Å²) in [5.74, 6) is 1.88. The number of rotatable bonds is 6. The first-order valence-electron chi connectivity index (χ1n) is 6.75. The highest BCUT2D eigenvalue weighted by Crippen LogP contribution is 2.38. The molecule has 1 heterocycles. The fraction of sp³-hybridized carbons (Fsp3) is 0.500. The molecule has 0 saturated heterocycles. The SMILES string of the molecule is CNC(=O)COc1cc2c(cc1CNC1CC1)OCO2. The first-order chi connectivity index (χ1) is 9.76. The Morgan fingerprint density at radius 3 is 2.80 bits per heavy atom. The van der Waals surface area contributed by atoms with Crippen LogP contribution in [0.25, 0.3) is 0 Å². The fourth-order valence-electron chi connectivity index (χ4n) is 2.00. The van der Waals surface area contributed by atoms with Gasteiger partial charge in [-0.1, -0.05) is 0 Å². The Balaban J connectivity index is 1.74. The van der Waals surface area contributed by atoms with Gasteiger partial charge in [0.05, 0.1) is 0 Å². The number of carbonyl (C=O) groups excluding carboxylic acids is 1. The largest absolute Gasteiger partial charge is 0.483 e. The van der Waals surface area contributed by atoms with Gasteiger partial charge >= 0.3 is 0 Å². The summed E-state index contributed by atoms with van der Waals surface area (Å²) in [5.41, 5.74) is 0.977. The van der Waals surface area contributed by atoms with Crippen molar-refractivity contribution < 1.29 is 19.0 Å². The van der Waals surface area contributed by atoms with E-state index in [2.05, 4.69) is 10.6 Å². The van der Waals surface area contributed by atoms with E-state index in [1.807, 2.05) is 6.07 Å². The van der Waals surface area contributed by atoms with Crippen LogP contribution >= 0.6 is 0 Å². The van der Waals surface area contributed by atoms with Crippen molar-refractivity contribution in [1.29, 1.82) is 0 Å². The lowest BCUT2D eigenvalue weighted by atomic mass is 10.1. The molecule has 20 heavy (non-hydrogen) atoms. The summed E-state index contributed by atoms with van der Waals surface area (Å²) < 4.78 is 16.3. The van der Waals surface area contributed by atoms with E-state index in [0.29, 0.717) is 24.1 Å². The molecule has 0 unspecified atom stereocenters. The van der Waals surface area contributed by atoms with E-state index in [1.165, 1.54) is 12.8 Å². The normalized spacial score (nSPS) is 16.1. The van der Waals surface area contributed by atoms with Gasteiger partial charge in [0, 0.05) is 31.3 Å². The van der Waals surface area contributed by atoms with Crippen LogP contribution in [0.2, 0.25) is 0 Å². The van der Waals surface area contributed by atoms with Crippen LogP contribution in [0.15, 0.2) is 12.1 Å². The third-order valence-corrected chi connectivity index (χ3v) is 3.35. The molecule has 1 aliphatic carbocycles. The van der Waals surface area contributed by atoms with Crippen molar-refractivity contribution in [2.45, 2.75) is 25.4 Å². The molecule has 0 aromatic heterocycles. The quantitative estimate of drug-likeness (QED) is 0.805. The second-order valence-electron chi connectivity index (χ2n) is 4.93. The summed E-state index contributed by atoms with van der Waals surface area (Å²) in [4.78, 5) is 11.3. The van der Waals surface area contributed by atoms with Crippen molar-refractivity contribution in [2.75, 3.05) is 20.4 Å². The average Bonchev–Trinajstić information content (AvgIpc) is 3.19. The fourth-order valence-corrected chi connectivity index (χ4v) is 2.00. The molecule has 2 N–H and O–H groups in total. The molecule has 0 atom stereocenters. The van der Waals surface area contributed by atoms with E-state index in [-0.39, 0.29) is 19.3 Å². The molecule has 1 amide bonds. The van der Waals surface area contributed by atoms with Gasteiger partial charge < -0.3 is 24.8 Å². The summed E-state index contributed by atoms with van der Waals surface area (Å²) in [6, 6.07) is 4.30. The van der Waals surface area contributed by atoms with Crippen LogP contribution in [-0.4, -0.2) is 32.4 Å². The Morgan fingerprint density at radius 2 is 2.10 bits per heavy atom. The smallest absolute Gasteiger partial charge is 0.257 e. The molecule has 1 aliphatic heterocycles. The van der Waals surface area contributed by atoms with Crippen LogP contribution in [-0.2, 0) is 11.3 Å². The number of fused-ring (bicyclic) bond motifs is 1. The zero-order chi connectivity index (χ0) is 13.9. The Hall–Kier alpha value is -1.95. The van der Waals surface area contributed by atoms with Gasteiger partial charge in [0.15, 0.2) is 18.1 Å². The highest BCUT2D eigenvalue weighted by Gasteiger charge is 2.23. The second kappa shape index (κ2) is 5.58. The van der Waals surface area contributed by atoms with Gasteiger partial charge in [-0.25, -0.2) is 0 Å². The third-order valence-electron chi connectivity index (χ3n) is 3.35. The number of nitrogens with one attached hydrogen (secondary N) is 2. The van der Waals surface area contributed by atoms with E-state index in [1.54, 1.807) is 13.1 Å². The summed E-state index contributed by atoms with van der Waals surface area (Å²) in [7, 11) is 1.58. The van der Waals surface area contributed by atoms with Crippen LogP contribution in [0, 0.1) is 0 Å². The molecule has 1 aromatic carbocycles. The standard InChI is InChI=1S/C14H18N2O4/c1-15-14(17)7-18-11-5-13-12(19-8-20-13)4-9(11)6-16-10-2-3-10/h4-5,10,16H,2-3,6-8H2,1H3,(H,15,17). The first kappa shape index (κ1) is 13.1. The van der Waals surface area contributed by atoms with Gasteiger partial charge in [-0.05, 0) is 18.9 Å². The molecule has 108 valence electrons. The molecule has 3 rings (SSSR count). The van der Waals surface area contributed by atoms with E-state index in [0.717, 1.165) is 11.3 Å². The average molecular weight is 278 g/mol. The Bertz CT molecular complexity index is 514. The van der Waals surface area contributed by atoms with Crippen molar-refractivity contribution in [1.82, 2.24) is 10.6 Å². The molecule has 2 aliphatic rings. The van der Waals surface area contributed by atoms with Crippen LogP contribution in [0.5, 0.6) is 17.2 Å². The number of amides is 1. The molecular formula is C14H18N2O4. The van der Waals surface area contributed by atoms with E-state index < -0.39 is 0 Å². The minimum absolute atomic E-state index is 0.00737. The zero-order valence-electron chi connectivity index (χ0n) is 11.4.